The van der Waals surface area contributed by atoms with Crippen molar-refractivity contribution >= 4 is 34.9 Å². The Bertz CT molecular complexity index is 177. The van der Waals surface area contributed by atoms with Gasteiger partial charge in [-0.15, -0.1) is 0 Å². The molecule has 0 rings (SSSR count). The van der Waals surface area contributed by atoms with Crippen LogP contribution in [-0.2, 0) is 4.79 Å². The Hall–Kier alpha value is -0.280. The first-order chi connectivity index (χ1) is 4.95. The Labute approximate surface area is 76.0 Å². The predicted octanol–water partition coefficient (Wildman–Crippen LogP) is 1.30. The number of halogens is 2. The van der Waals surface area contributed by atoms with Crippen molar-refractivity contribution < 1.29 is 4.79 Å². The zero-order valence-electron chi connectivity index (χ0n) is 6.64. The Morgan fingerprint density at radius 1 is 1.45 bits per heavy atom. The molecule has 0 aliphatic heterocycles. The molecule has 3 nitrogen and oxygen atoms in total. The summed E-state index contributed by atoms with van der Waals surface area (Å²) >= 11 is 10.5. The zero-order chi connectivity index (χ0) is 9.02. The van der Waals surface area contributed by atoms with Crippen molar-refractivity contribution in [3.8, 4) is 0 Å². The number of carbonyl (C=O) groups is 1. The Kier molecular flexibility index (Phi) is 4.45. The second-order valence-electron chi connectivity index (χ2n) is 2.19. The maximum atomic E-state index is 10.8. The second kappa shape index (κ2) is 4.57. The summed E-state index contributed by atoms with van der Waals surface area (Å²) in [7, 11) is 3.56. The maximum Gasteiger partial charge on any atom is 0.280 e. The van der Waals surface area contributed by atoms with Gasteiger partial charge in [-0.05, 0) is 6.92 Å². The van der Waals surface area contributed by atoms with Crippen LogP contribution in [0.3, 0.4) is 0 Å². The van der Waals surface area contributed by atoms with Gasteiger partial charge in [0.15, 0.2) is 4.84 Å². The zero-order valence-corrected chi connectivity index (χ0v) is 8.15. The first kappa shape index (κ1) is 10.7. The van der Waals surface area contributed by atoms with Crippen molar-refractivity contribution in [2.45, 2.75) is 11.8 Å². The fraction of sp³-hybridized carbons (Fsp3) is 0.667. The number of nitrogens with zero attached hydrogens (tertiary/aromatic N) is 2. The van der Waals surface area contributed by atoms with Gasteiger partial charge in [-0.3, -0.25) is 4.79 Å². The van der Waals surface area contributed by atoms with Crippen LogP contribution >= 0.6 is 23.2 Å². The summed E-state index contributed by atoms with van der Waals surface area (Å²) in [4.78, 5) is 15.0. The minimum atomic E-state index is -1.06. The average Bonchev–Trinajstić information content (AvgIpc) is 1.87. The normalized spacial score (nSPS) is 12.0. The SMILES string of the molecule is CC(=NC(=O)C(Cl)Cl)N(C)C. The van der Waals surface area contributed by atoms with Crippen LogP contribution in [0.4, 0.5) is 0 Å². The van der Waals surface area contributed by atoms with E-state index in [9.17, 15) is 4.79 Å². The third-order valence-corrected chi connectivity index (χ3v) is 1.48. The van der Waals surface area contributed by atoms with E-state index < -0.39 is 10.7 Å². The number of amidine groups is 1. The number of rotatable bonds is 1. The average molecular weight is 197 g/mol. The molecule has 0 radical (unpaired) electrons. The van der Waals surface area contributed by atoms with Gasteiger partial charge in [0.2, 0.25) is 0 Å². The lowest BCUT2D eigenvalue weighted by atomic mass is 10.6. The Morgan fingerprint density at radius 3 is 2.18 bits per heavy atom. The molecule has 0 aromatic rings. The topological polar surface area (TPSA) is 32.7 Å². The predicted molar refractivity (Wildman–Crippen MR) is 47.3 cm³/mol. The van der Waals surface area contributed by atoms with E-state index in [0.717, 1.165) is 0 Å². The summed E-state index contributed by atoms with van der Waals surface area (Å²) in [6.45, 7) is 1.70. The standard InChI is InChI=1S/C6H10Cl2N2O/c1-4(10(2)3)9-6(11)5(7)8/h5H,1-3H3. The molecule has 0 saturated heterocycles. The number of carbonyl (C=O) groups excluding carboxylic acids is 1. The lowest BCUT2D eigenvalue weighted by molar-refractivity contribution is -0.116. The minimum absolute atomic E-state index is 0.528. The lowest BCUT2D eigenvalue weighted by Gasteiger charge is -2.09. The van der Waals surface area contributed by atoms with Crippen molar-refractivity contribution in [1.82, 2.24) is 4.90 Å². The van der Waals surface area contributed by atoms with Crippen LogP contribution in [0.15, 0.2) is 4.99 Å². The molecule has 0 atom stereocenters. The van der Waals surface area contributed by atoms with Crippen LogP contribution in [0.2, 0.25) is 0 Å². The summed E-state index contributed by atoms with van der Waals surface area (Å²) in [5, 5.41) is 0. The van der Waals surface area contributed by atoms with Crippen LogP contribution in [0.1, 0.15) is 6.92 Å². The molecule has 1 amide bonds. The number of alkyl halides is 2. The monoisotopic (exact) mass is 196 g/mol. The molecule has 0 spiro atoms. The summed E-state index contributed by atoms with van der Waals surface area (Å²) in [6, 6.07) is 0. The highest BCUT2D eigenvalue weighted by Crippen LogP contribution is 2.03. The quantitative estimate of drug-likeness (QED) is 0.360. The van der Waals surface area contributed by atoms with Crippen molar-refractivity contribution in [1.29, 1.82) is 0 Å². The molecule has 64 valence electrons. The summed E-state index contributed by atoms with van der Waals surface area (Å²) in [5.74, 6) is 0.0563. The summed E-state index contributed by atoms with van der Waals surface area (Å²) in [5.41, 5.74) is 0. The van der Waals surface area contributed by atoms with Crippen LogP contribution in [0, 0.1) is 0 Å². The van der Waals surface area contributed by atoms with E-state index in [1.807, 2.05) is 0 Å². The largest absolute Gasteiger partial charge is 0.366 e. The summed E-state index contributed by atoms with van der Waals surface area (Å²) < 4.78 is 0. The van der Waals surface area contributed by atoms with Gasteiger partial charge >= 0.3 is 0 Å². The molecule has 0 aliphatic rings. The van der Waals surface area contributed by atoms with Gasteiger partial charge in [-0.2, -0.15) is 4.99 Å². The Morgan fingerprint density at radius 2 is 1.91 bits per heavy atom. The molecule has 0 saturated carbocycles. The molecule has 0 fully saturated rings. The first-order valence-electron chi connectivity index (χ1n) is 2.99. The molecule has 0 unspecified atom stereocenters. The number of aliphatic imine (C=N–C) groups is 1. The Balaban J connectivity index is 4.20. The van der Waals surface area contributed by atoms with Gasteiger partial charge in [0, 0.05) is 14.1 Å². The van der Waals surface area contributed by atoms with Crippen molar-refractivity contribution in [3.05, 3.63) is 0 Å². The molecule has 0 aromatic heterocycles. The molecule has 0 aliphatic carbocycles. The van der Waals surface area contributed by atoms with Gasteiger partial charge in [0.25, 0.3) is 5.91 Å². The molecular formula is C6H10Cl2N2O. The van der Waals surface area contributed by atoms with Crippen molar-refractivity contribution in [2.75, 3.05) is 14.1 Å². The molecule has 0 aromatic carbocycles. The summed E-state index contributed by atoms with van der Waals surface area (Å²) in [6.07, 6.45) is 0. The van der Waals surface area contributed by atoms with Crippen molar-refractivity contribution in [2.24, 2.45) is 4.99 Å². The fourth-order valence-electron chi connectivity index (χ4n) is 0.308. The molecule has 0 heterocycles. The van der Waals surface area contributed by atoms with Crippen LogP contribution < -0.4 is 0 Å². The molecule has 11 heavy (non-hydrogen) atoms. The van der Waals surface area contributed by atoms with E-state index in [4.69, 9.17) is 23.2 Å². The van der Waals surface area contributed by atoms with E-state index in [1.165, 1.54) is 0 Å². The van der Waals surface area contributed by atoms with Crippen molar-refractivity contribution in [3.63, 3.8) is 0 Å². The lowest BCUT2D eigenvalue weighted by Crippen LogP contribution is -2.21. The fourth-order valence-corrected chi connectivity index (χ4v) is 0.406. The van der Waals surface area contributed by atoms with Crippen LogP contribution in [-0.4, -0.2) is 35.6 Å². The molecule has 5 heteroatoms. The van der Waals surface area contributed by atoms with E-state index in [-0.39, 0.29) is 0 Å². The maximum absolute atomic E-state index is 10.8. The van der Waals surface area contributed by atoms with E-state index >= 15 is 0 Å². The highest BCUT2D eigenvalue weighted by molar-refractivity contribution is 6.53. The number of hydrogen-bond acceptors (Lipinski definition) is 1. The van der Waals surface area contributed by atoms with Crippen LogP contribution in [0.5, 0.6) is 0 Å². The molecular weight excluding hydrogens is 187 g/mol. The first-order valence-corrected chi connectivity index (χ1v) is 3.87. The van der Waals surface area contributed by atoms with E-state index in [1.54, 1.807) is 25.9 Å². The van der Waals surface area contributed by atoms with Gasteiger partial charge in [0.1, 0.15) is 5.84 Å². The third-order valence-electron chi connectivity index (χ3n) is 1.11. The smallest absolute Gasteiger partial charge is 0.280 e. The number of amides is 1. The van der Waals surface area contributed by atoms with Gasteiger partial charge in [0.05, 0.1) is 0 Å². The van der Waals surface area contributed by atoms with Gasteiger partial charge < -0.3 is 4.90 Å². The number of hydrogen-bond donors (Lipinski definition) is 0. The van der Waals surface area contributed by atoms with Gasteiger partial charge in [-0.1, -0.05) is 23.2 Å². The minimum Gasteiger partial charge on any atom is -0.366 e. The van der Waals surface area contributed by atoms with E-state index in [0.29, 0.717) is 5.84 Å². The van der Waals surface area contributed by atoms with Crippen LogP contribution in [0.25, 0.3) is 0 Å². The second-order valence-corrected chi connectivity index (χ2v) is 3.29. The molecule has 0 bridgehead atoms. The molecule has 0 N–H and O–H groups in total. The third kappa shape index (κ3) is 4.22. The van der Waals surface area contributed by atoms with Gasteiger partial charge in [-0.25, -0.2) is 0 Å². The highest BCUT2D eigenvalue weighted by atomic mass is 35.5. The highest BCUT2D eigenvalue weighted by Gasteiger charge is 2.10. The van der Waals surface area contributed by atoms with E-state index in [2.05, 4.69) is 4.99 Å².